The Labute approximate surface area is 166 Å². The van der Waals surface area contributed by atoms with E-state index in [1.54, 1.807) is 24.3 Å². The minimum absolute atomic E-state index is 0.0119. The number of carbonyl (C=O) groups is 2. The lowest BCUT2D eigenvalue weighted by molar-refractivity contribution is -0.123. The highest BCUT2D eigenvalue weighted by Gasteiger charge is 2.21. The van der Waals surface area contributed by atoms with Crippen LogP contribution >= 0.6 is 0 Å². The van der Waals surface area contributed by atoms with Gasteiger partial charge in [0.15, 0.2) is 17.6 Å². The molecule has 1 N–H and O–H groups in total. The van der Waals surface area contributed by atoms with Gasteiger partial charge in [0.25, 0.3) is 5.91 Å². The second kappa shape index (κ2) is 10.3. The topological polar surface area (TPSA) is 83.1 Å². The van der Waals surface area contributed by atoms with Gasteiger partial charge in [0.05, 0.1) is 25.0 Å². The van der Waals surface area contributed by atoms with Crippen LogP contribution < -0.4 is 19.5 Å². The molecule has 0 aliphatic carbocycles. The monoisotopic (exact) mass is 409 g/mol. The summed E-state index contributed by atoms with van der Waals surface area (Å²) in [5, 5.41) is 2.64. The highest BCUT2D eigenvalue weighted by molar-refractivity contribution is 5.98. The van der Waals surface area contributed by atoms with Crippen LogP contribution in [0.5, 0.6) is 17.2 Å². The minimum atomic E-state index is -3.04. The van der Waals surface area contributed by atoms with Crippen molar-refractivity contribution in [2.45, 2.75) is 26.6 Å². The summed E-state index contributed by atoms with van der Waals surface area (Å²) in [6, 6.07) is 10.4. The van der Waals surface area contributed by atoms with Crippen molar-refractivity contribution in [3.63, 3.8) is 0 Å². The largest absolute Gasteiger partial charge is 0.493 e. The minimum Gasteiger partial charge on any atom is -0.493 e. The van der Waals surface area contributed by atoms with Crippen LogP contribution in [-0.4, -0.2) is 38.3 Å². The lowest BCUT2D eigenvalue weighted by Crippen LogP contribution is -2.30. The molecule has 1 atom stereocenters. The van der Waals surface area contributed by atoms with Crippen molar-refractivity contribution in [2.24, 2.45) is 0 Å². The van der Waals surface area contributed by atoms with Crippen molar-refractivity contribution in [3.05, 3.63) is 48.0 Å². The Kier molecular flexibility index (Phi) is 7.76. The maximum atomic E-state index is 12.4. The summed E-state index contributed by atoms with van der Waals surface area (Å²) in [5.74, 6) is -1.19. The molecule has 0 spiro atoms. The highest BCUT2D eigenvalue weighted by atomic mass is 19.3. The predicted molar refractivity (Wildman–Crippen MR) is 101 cm³/mol. The van der Waals surface area contributed by atoms with Crippen molar-refractivity contribution in [1.82, 2.24) is 0 Å². The number of alkyl halides is 2. The fourth-order valence-corrected chi connectivity index (χ4v) is 2.36. The summed E-state index contributed by atoms with van der Waals surface area (Å²) in [7, 11) is 1.24. The number of hydrogen-bond donors (Lipinski definition) is 1. The van der Waals surface area contributed by atoms with Crippen LogP contribution in [0.4, 0.5) is 14.5 Å². The van der Waals surface area contributed by atoms with E-state index >= 15 is 0 Å². The quantitative estimate of drug-likeness (QED) is 0.633. The second-order valence-corrected chi connectivity index (χ2v) is 5.71. The van der Waals surface area contributed by atoms with Gasteiger partial charge in [-0.05, 0) is 44.2 Å². The van der Waals surface area contributed by atoms with Gasteiger partial charge >= 0.3 is 12.6 Å². The SMILES string of the molecule is CCOc1ccccc1NC(=O)[C@H](C)OC(=O)c1ccc(OC(F)F)c(OC)c1. The number of halogens is 2. The Morgan fingerprint density at radius 2 is 1.79 bits per heavy atom. The van der Waals surface area contributed by atoms with Gasteiger partial charge in [0, 0.05) is 0 Å². The van der Waals surface area contributed by atoms with E-state index in [1.165, 1.54) is 26.2 Å². The average molecular weight is 409 g/mol. The number of benzene rings is 2. The third-order valence-electron chi connectivity index (χ3n) is 3.71. The van der Waals surface area contributed by atoms with E-state index in [2.05, 4.69) is 10.1 Å². The Morgan fingerprint density at radius 3 is 2.45 bits per heavy atom. The van der Waals surface area contributed by atoms with Gasteiger partial charge in [-0.15, -0.1) is 0 Å². The second-order valence-electron chi connectivity index (χ2n) is 5.71. The van der Waals surface area contributed by atoms with Gasteiger partial charge in [-0.1, -0.05) is 12.1 Å². The molecule has 0 radical (unpaired) electrons. The standard InChI is InChI=1S/C20H21F2NO6/c1-4-27-15-8-6-5-7-14(15)23-18(24)12(2)28-19(25)13-9-10-16(29-20(21)22)17(11-13)26-3/h5-12,20H,4H2,1-3H3,(H,23,24)/t12-/m0/s1. The van der Waals surface area contributed by atoms with Crippen molar-refractivity contribution in [3.8, 4) is 17.2 Å². The molecule has 1 amide bonds. The van der Waals surface area contributed by atoms with Gasteiger partial charge in [-0.25, -0.2) is 4.79 Å². The van der Waals surface area contributed by atoms with E-state index in [1.807, 2.05) is 6.92 Å². The molecule has 0 fully saturated rings. The number of nitrogens with one attached hydrogen (secondary N) is 1. The lowest BCUT2D eigenvalue weighted by atomic mass is 10.2. The Morgan fingerprint density at radius 1 is 1.07 bits per heavy atom. The maximum Gasteiger partial charge on any atom is 0.387 e. The Hall–Kier alpha value is -3.36. The molecular weight excluding hydrogens is 388 g/mol. The summed E-state index contributed by atoms with van der Waals surface area (Å²) >= 11 is 0. The first kappa shape index (κ1) is 21.9. The summed E-state index contributed by atoms with van der Waals surface area (Å²) < 4.78 is 44.6. The van der Waals surface area contributed by atoms with E-state index in [-0.39, 0.29) is 17.1 Å². The molecule has 29 heavy (non-hydrogen) atoms. The Bertz CT molecular complexity index is 859. The zero-order valence-corrected chi connectivity index (χ0v) is 16.1. The number of rotatable bonds is 9. The van der Waals surface area contributed by atoms with Crippen molar-refractivity contribution in [2.75, 3.05) is 19.0 Å². The molecule has 7 nitrogen and oxygen atoms in total. The molecule has 156 valence electrons. The number of anilines is 1. The summed E-state index contributed by atoms with van der Waals surface area (Å²) in [6.07, 6.45) is -1.12. The highest BCUT2D eigenvalue weighted by Crippen LogP contribution is 2.30. The lowest BCUT2D eigenvalue weighted by Gasteiger charge is -2.16. The third kappa shape index (κ3) is 6.06. The van der Waals surface area contributed by atoms with Crippen LogP contribution in [0.1, 0.15) is 24.2 Å². The molecular formula is C20H21F2NO6. The maximum absolute atomic E-state index is 12.4. The number of hydrogen-bond acceptors (Lipinski definition) is 6. The van der Waals surface area contributed by atoms with Crippen LogP contribution in [0, 0.1) is 0 Å². The number of para-hydroxylation sites is 2. The van der Waals surface area contributed by atoms with Crippen molar-refractivity contribution >= 4 is 17.6 Å². The molecule has 0 bridgehead atoms. The van der Waals surface area contributed by atoms with Gasteiger partial charge in [0.2, 0.25) is 0 Å². The van der Waals surface area contributed by atoms with E-state index in [0.29, 0.717) is 18.0 Å². The van der Waals surface area contributed by atoms with Crippen LogP contribution in [0.15, 0.2) is 42.5 Å². The number of ether oxygens (including phenoxy) is 4. The molecule has 0 unspecified atom stereocenters. The number of esters is 1. The van der Waals surface area contributed by atoms with Crippen molar-refractivity contribution in [1.29, 1.82) is 0 Å². The Balaban J connectivity index is 2.05. The van der Waals surface area contributed by atoms with Gasteiger partial charge in [-0.2, -0.15) is 8.78 Å². The molecule has 0 saturated heterocycles. The van der Waals surface area contributed by atoms with Gasteiger partial charge in [-0.3, -0.25) is 4.79 Å². The van der Waals surface area contributed by atoms with E-state index in [9.17, 15) is 18.4 Å². The first-order valence-corrected chi connectivity index (χ1v) is 8.72. The zero-order valence-electron chi connectivity index (χ0n) is 16.1. The summed E-state index contributed by atoms with van der Waals surface area (Å²) in [5.41, 5.74) is 0.454. The average Bonchev–Trinajstić information content (AvgIpc) is 2.69. The van der Waals surface area contributed by atoms with E-state index in [4.69, 9.17) is 14.2 Å². The molecule has 0 saturated carbocycles. The van der Waals surface area contributed by atoms with Gasteiger partial charge in [0.1, 0.15) is 5.75 Å². The van der Waals surface area contributed by atoms with Crippen molar-refractivity contribution < 1.29 is 37.3 Å². The van der Waals surface area contributed by atoms with Crippen LogP contribution in [0.3, 0.4) is 0 Å². The zero-order chi connectivity index (χ0) is 21.4. The predicted octanol–water partition coefficient (Wildman–Crippen LogP) is 3.88. The van der Waals surface area contributed by atoms with E-state index in [0.717, 1.165) is 6.07 Å². The molecule has 9 heteroatoms. The number of amides is 1. The fourth-order valence-electron chi connectivity index (χ4n) is 2.36. The molecule has 2 rings (SSSR count). The van der Waals surface area contributed by atoms with Crippen LogP contribution in [0.25, 0.3) is 0 Å². The first-order chi connectivity index (χ1) is 13.8. The van der Waals surface area contributed by atoms with Crippen LogP contribution in [-0.2, 0) is 9.53 Å². The summed E-state index contributed by atoms with van der Waals surface area (Å²) in [4.78, 5) is 24.7. The third-order valence-corrected chi connectivity index (χ3v) is 3.71. The van der Waals surface area contributed by atoms with E-state index < -0.39 is 24.6 Å². The summed E-state index contributed by atoms with van der Waals surface area (Å²) in [6.45, 7) is 0.603. The molecule has 2 aromatic rings. The normalized spacial score (nSPS) is 11.5. The van der Waals surface area contributed by atoms with Crippen LogP contribution in [0.2, 0.25) is 0 Å². The smallest absolute Gasteiger partial charge is 0.387 e. The number of methoxy groups -OCH3 is 1. The molecule has 2 aromatic carbocycles. The molecule has 0 aliphatic rings. The molecule has 0 aliphatic heterocycles. The fraction of sp³-hybridized carbons (Fsp3) is 0.300. The van der Waals surface area contributed by atoms with Gasteiger partial charge < -0.3 is 24.3 Å². The molecule has 0 aromatic heterocycles. The molecule has 0 heterocycles. The first-order valence-electron chi connectivity index (χ1n) is 8.72. The number of carbonyl (C=O) groups excluding carboxylic acids is 2.